The average molecular weight is 470 g/mol. The fraction of sp³-hybridized carbons (Fsp3) is 0.480. The van der Waals surface area contributed by atoms with Crippen molar-refractivity contribution in [1.29, 1.82) is 0 Å². The molecule has 0 bridgehead atoms. The molecular formula is C25H31N3O4S. The van der Waals surface area contributed by atoms with Gasteiger partial charge in [-0.2, -0.15) is 0 Å². The number of furan rings is 1. The fourth-order valence-corrected chi connectivity index (χ4v) is 6.04. The van der Waals surface area contributed by atoms with E-state index in [9.17, 15) is 9.59 Å². The third kappa shape index (κ3) is 4.82. The molecule has 1 N–H and O–H groups in total. The maximum Gasteiger partial charge on any atom is 0.254 e. The van der Waals surface area contributed by atoms with Gasteiger partial charge in [0.15, 0.2) is 0 Å². The van der Waals surface area contributed by atoms with Crippen molar-refractivity contribution >= 4 is 33.9 Å². The standard InChI is InChI=1S/C25H31N3O4S/c1-5-28(18-8-11-31-12-9-18)25-17(4)21(22(33-25)20-7-6-10-32-20)24(30)26-14-19-15(2)13-16(3)27-23(19)29/h6-7,10,13,18-19H,5,8-9,11-12,14H2,1-4H3,(H,26,30). The van der Waals surface area contributed by atoms with Gasteiger partial charge in [0.05, 0.1) is 27.6 Å². The molecule has 1 unspecified atom stereocenters. The largest absolute Gasteiger partial charge is 0.463 e. The molecule has 0 radical (unpaired) electrons. The quantitative estimate of drug-likeness (QED) is 0.640. The Morgan fingerprint density at radius 2 is 2.03 bits per heavy atom. The Morgan fingerprint density at radius 3 is 2.67 bits per heavy atom. The van der Waals surface area contributed by atoms with Crippen molar-refractivity contribution in [2.24, 2.45) is 10.9 Å². The maximum absolute atomic E-state index is 13.5. The number of allylic oxidation sites excluding steroid dienone is 1. The molecule has 2 aromatic rings. The predicted molar refractivity (Wildman–Crippen MR) is 131 cm³/mol. The second-order valence-electron chi connectivity index (χ2n) is 8.59. The second kappa shape index (κ2) is 10.1. The van der Waals surface area contributed by atoms with Crippen molar-refractivity contribution in [3.63, 3.8) is 0 Å². The Kier molecular flexibility index (Phi) is 7.14. The van der Waals surface area contributed by atoms with Crippen LogP contribution in [0.15, 0.2) is 39.5 Å². The highest BCUT2D eigenvalue weighted by Crippen LogP contribution is 2.43. The molecule has 1 fully saturated rings. The molecule has 1 saturated heterocycles. The molecule has 33 heavy (non-hydrogen) atoms. The number of carbonyl (C=O) groups is 2. The van der Waals surface area contributed by atoms with Gasteiger partial charge in [0, 0.05) is 38.1 Å². The van der Waals surface area contributed by atoms with E-state index in [1.54, 1.807) is 24.5 Å². The molecule has 2 aromatic heterocycles. The zero-order valence-electron chi connectivity index (χ0n) is 19.6. The summed E-state index contributed by atoms with van der Waals surface area (Å²) in [5.41, 5.74) is 3.16. The van der Waals surface area contributed by atoms with Crippen molar-refractivity contribution in [3.8, 4) is 10.6 Å². The number of ether oxygens (including phenoxy) is 1. The molecule has 0 saturated carbocycles. The number of amides is 2. The lowest BCUT2D eigenvalue weighted by atomic mass is 9.95. The van der Waals surface area contributed by atoms with Gasteiger partial charge >= 0.3 is 0 Å². The van der Waals surface area contributed by atoms with Gasteiger partial charge < -0.3 is 19.4 Å². The number of nitrogens with zero attached hydrogens (tertiary/aromatic N) is 2. The SMILES string of the molecule is CCN(c1sc(-c2ccco2)c(C(=O)NCC2C(=O)N=C(C)C=C2C)c1C)C1CCOCC1. The van der Waals surface area contributed by atoms with Gasteiger partial charge in [-0.3, -0.25) is 9.59 Å². The minimum Gasteiger partial charge on any atom is -0.463 e. The molecule has 7 nitrogen and oxygen atoms in total. The Labute approximate surface area is 198 Å². The third-order valence-electron chi connectivity index (χ3n) is 6.36. The summed E-state index contributed by atoms with van der Waals surface area (Å²) in [5, 5.41) is 4.08. The van der Waals surface area contributed by atoms with E-state index in [0.717, 1.165) is 53.6 Å². The molecule has 2 aliphatic heterocycles. The molecule has 4 rings (SSSR count). The molecule has 2 amide bonds. The summed E-state index contributed by atoms with van der Waals surface area (Å²) < 4.78 is 11.2. The van der Waals surface area contributed by atoms with E-state index >= 15 is 0 Å². The number of nitrogens with one attached hydrogen (secondary N) is 1. The summed E-state index contributed by atoms with van der Waals surface area (Å²) in [4.78, 5) is 33.1. The number of carbonyl (C=O) groups excluding carboxylic acids is 2. The molecule has 1 atom stereocenters. The maximum atomic E-state index is 13.5. The summed E-state index contributed by atoms with van der Waals surface area (Å²) >= 11 is 1.59. The number of hydrogen-bond acceptors (Lipinski definition) is 6. The molecule has 2 aliphatic rings. The van der Waals surface area contributed by atoms with E-state index in [4.69, 9.17) is 9.15 Å². The Hall–Kier alpha value is -2.71. The Morgan fingerprint density at radius 1 is 1.27 bits per heavy atom. The molecule has 176 valence electrons. The van der Waals surface area contributed by atoms with Crippen molar-refractivity contribution < 1.29 is 18.7 Å². The number of anilines is 1. The smallest absolute Gasteiger partial charge is 0.254 e. The topological polar surface area (TPSA) is 84.1 Å². The second-order valence-corrected chi connectivity index (χ2v) is 9.58. The number of thiophene rings is 1. The fourth-order valence-electron chi connectivity index (χ4n) is 4.63. The van der Waals surface area contributed by atoms with Gasteiger partial charge in [0.2, 0.25) is 0 Å². The van der Waals surface area contributed by atoms with Gasteiger partial charge in [-0.1, -0.05) is 5.57 Å². The minimum atomic E-state index is -0.433. The first-order valence-electron chi connectivity index (χ1n) is 11.5. The van der Waals surface area contributed by atoms with Gasteiger partial charge in [-0.25, -0.2) is 4.99 Å². The van der Waals surface area contributed by atoms with Gasteiger partial charge in [0.1, 0.15) is 5.76 Å². The zero-order valence-corrected chi connectivity index (χ0v) is 20.5. The van der Waals surface area contributed by atoms with Crippen LogP contribution in [0.1, 0.15) is 49.5 Å². The van der Waals surface area contributed by atoms with Gasteiger partial charge in [-0.05, 0) is 64.3 Å². The molecule has 4 heterocycles. The van der Waals surface area contributed by atoms with Crippen LogP contribution in [-0.4, -0.2) is 49.9 Å². The van der Waals surface area contributed by atoms with Gasteiger partial charge in [0.25, 0.3) is 11.8 Å². The van der Waals surface area contributed by atoms with Crippen molar-refractivity contribution in [2.75, 3.05) is 31.2 Å². The van der Waals surface area contributed by atoms with Crippen LogP contribution in [0, 0.1) is 12.8 Å². The van der Waals surface area contributed by atoms with E-state index in [0.29, 0.717) is 23.1 Å². The van der Waals surface area contributed by atoms with Crippen molar-refractivity contribution in [3.05, 3.63) is 41.2 Å². The average Bonchev–Trinajstić information content (AvgIpc) is 3.43. The van der Waals surface area contributed by atoms with Crippen LogP contribution in [0.5, 0.6) is 0 Å². The first-order valence-corrected chi connectivity index (χ1v) is 12.3. The lowest BCUT2D eigenvalue weighted by molar-refractivity contribution is -0.120. The van der Waals surface area contributed by atoms with Crippen molar-refractivity contribution in [2.45, 2.75) is 46.6 Å². The minimum absolute atomic E-state index is 0.198. The molecule has 0 aliphatic carbocycles. The number of dihydropyridines is 1. The normalized spacial score (nSPS) is 19.3. The van der Waals surface area contributed by atoms with Crippen LogP contribution >= 0.6 is 11.3 Å². The van der Waals surface area contributed by atoms with Crippen LogP contribution in [0.4, 0.5) is 5.00 Å². The predicted octanol–water partition coefficient (Wildman–Crippen LogP) is 4.62. The summed E-state index contributed by atoms with van der Waals surface area (Å²) in [6.45, 7) is 10.4. The zero-order chi connectivity index (χ0) is 23.5. The van der Waals surface area contributed by atoms with Gasteiger partial charge in [-0.15, -0.1) is 11.3 Å². The summed E-state index contributed by atoms with van der Waals surface area (Å²) in [6.07, 6.45) is 5.46. The van der Waals surface area contributed by atoms with E-state index in [2.05, 4.69) is 22.1 Å². The lowest BCUT2D eigenvalue weighted by Gasteiger charge is -2.34. The number of rotatable bonds is 7. The number of aliphatic imine (C=N–C) groups is 1. The van der Waals surface area contributed by atoms with Crippen LogP contribution in [0.25, 0.3) is 10.6 Å². The monoisotopic (exact) mass is 469 g/mol. The lowest BCUT2D eigenvalue weighted by Crippen LogP contribution is -2.39. The van der Waals surface area contributed by atoms with Crippen LogP contribution in [0.2, 0.25) is 0 Å². The summed E-state index contributed by atoms with van der Waals surface area (Å²) in [7, 11) is 0. The Balaban J connectivity index is 1.63. The summed E-state index contributed by atoms with van der Waals surface area (Å²) in [5.74, 6) is -0.167. The summed E-state index contributed by atoms with van der Waals surface area (Å²) in [6, 6.07) is 4.10. The van der Waals surface area contributed by atoms with E-state index in [1.807, 2.05) is 32.1 Å². The van der Waals surface area contributed by atoms with Crippen LogP contribution in [0.3, 0.4) is 0 Å². The molecule has 0 spiro atoms. The van der Waals surface area contributed by atoms with Crippen LogP contribution < -0.4 is 10.2 Å². The molecule has 0 aromatic carbocycles. The van der Waals surface area contributed by atoms with E-state index < -0.39 is 5.92 Å². The van der Waals surface area contributed by atoms with E-state index in [-0.39, 0.29) is 18.4 Å². The first kappa shape index (κ1) is 23.4. The highest BCUT2D eigenvalue weighted by molar-refractivity contribution is 7.20. The van der Waals surface area contributed by atoms with Crippen LogP contribution in [-0.2, 0) is 9.53 Å². The Bertz CT molecular complexity index is 1080. The third-order valence-corrected chi connectivity index (χ3v) is 7.71. The first-order chi connectivity index (χ1) is 15.9. The van der Waals surface area contributed by atoms with E-state index in [1.165, 1.54) is 0 Å². The molecular weight excluding hydrogens is 438 g/mol. The highest BCUT2D eigenvalue weighted by atomic mass is 32.1. The highest BCUT2D eigenvalue weighted by Gasteiger charge is 2.30. The van der Waals surface area contributed by atoms with Crippen molar-refractivity contribution in [1.82, 2.24) is 5.32 Å². The number of hydrogen-bond donors (Lipinski definition) is 1. The molecule has 8 heteroatoms.